The van der Waals surface area contributed by atoms with Crippen LogP contribution in [0.15, 0.2) is 66.9 Å². The molecule has 0 amide bonds. The van der Waals surface area contributed by atoms with E-state index in [1.807, 2.05) is 74.6 Å². The van der Waals surface area contributed by atoms with E-state index in [0.29, 0.717) is 5.95 Å². The van der Waals surface area contributed by atoms with E-state index in [0.717, 1.165) is 30.0 Å². The molecule has 2 aromatic carbocycles. The number of nitrogens with one attached hydrogen (secondary N) is 1. The lowest BCUT2D eigenvalue weighted by Gasteiger charge is -2.20. The van der Waals surface area contributed by atoms with Gasteiger partial charge in [0, 0.05) is 32.3 Å². The molecule has 0 unspecified atom stereocenters. The fourth-order valence-corrected chi connectivity index (χ4v) is 2.85. The van der Waals surface area contributed by atoms with E-state index in [2.05, 4.69) is 27.4 Å². The van der Waals surface area contributed by atoms with E-state index in [1.165, 1.54) is 5.56 Å². The predicted molar refractivity (Wildman–Crippen MR) is 110 cm³/mol. The quantitative estimate of drug-likeness (QED) is 0.658. The van der Waals surface area contributed by atoms with Gasteiger partial charge in [-0.3, -0.25) is 0 Å². The summed E-state index contributed by atoms with van der Waals surface area (Å²) in [5.74, 6) is 1.53. The highest BCUT2D eigenvalue weighted by atomic mass is 16.5. The Bertz CT molecular complexity index is 852. The zero-order chi connectivity index (χ0) is 19.1. The third kappa shape index (κ3) is 5.05. The minimum Gasteiger partial charge on any atom is -0.486 e. The highest BCUT2D eigenvalue weighted by molar-refractivity contribution is 5.62. The summed E-state index contributed by atoms with van der Waals surface area (Å²) in [4.78, 5) is 10.8. The standard InChI is InChI=1S/C22H26N4O/c1-23-14-13-21(17-8-5-4-6-9-17)27-19-11-7-10-18(16-19)20-12-15-24-22(25-20)26(2)3/h4-12,15-16,21,23H,13-14H2,1-3H3/t21-/m0/s1. The molecule has 1 N–H and O–H groups in total. The molecule has 140 valence electrons. The Labute approximate surface area is 161 Å². The Kier molecular flexibility index (Phi) is 6.39. The molecular formula is C22H26N4O. The van der Waals surface area contributed by atoms with Crippen LogP contribution in [0.25, 0.3) is 11.3 Å². The second-order valence-electron chi connectivity index (χ2n) is 6.57. The number of anilines is 1. The molecule has 0 aliphatic rings. The van der Waals surface area contributed by atoms with Gasteiger partial charge < -0.3 is 15.0 Å². The first-order valence-corrected chi connectivity index (χ1v) is 9.14. The molecule has 0 fully saturated rings. The van der Waals surface area contributed by atoms with Crippen molar-refractivity contribution >= 4 is 5.95 Å². The molecule has 3 aromatic rings. The second-order valence-corrected chi connectivity index (χ2v) is 6.57. The average Bonchev–Trinajstić information content (AvgIpc) is 2.72. The molecule has 5 heteroatoms. The van der Waals surface area contributed by atoms with Gasteiger partial charge in [0.15, 0.2) is 0 Å². The highest BCUT2D eigenvalue weighted by Gasteiger charge is 2.13. The number of nitrogens with zero attached hydrogens (tertiary/aromatic N) is 3. The van der Waals surface area contributed by atoms with E-state index in [9.17, 15) is 0 Å². The molecule has 1 heterocycles. The molecule has 0 saturated carbocycles. The number of hydrogen-bond donors (Lipinski definition) is 1. The van der Waals surface area contributed by atoms with Crippen LogP contribution in [0.4, 0.5) is 5.95 Å². The van der Waals surface area contributed by atoms with Crippen molar-refractivity contribution in [2.45, 2.75) is 12.5 Å². The van der Waals surface area contributed by atoms with Crippen molar-refractivity contribution in [3.05, 3.63) is 72.4 Å². The molecule has 0 spiro atoms. The van der Waals surface area contributed by atoms with Gasteiger partial charge in [0.25, 0.3) is 0 Å². The summed E-state index contributed by atoms with van der Waals surface area (Å²) in [5, 5.41) is 3.21. The van der Waals surface area contributed by atoms with Gasteiger partial charge in [-0.25, -0.2) is 9.97 Å². The fraction of sp³-hybridized carbons (Fsp3) is 0.273. The van der Waals surface area contributed by atoms with Gasteiger partial charge >= 0.3 is 0 Å². The topological polar surface area (TPSA) is 50.3 Å². The first-order chi connectivity index (χ1) is 13.2. The van der Waals surface area contributed by atoms with Gasteiger partial charge in [0.05, 0.1) is 5.69 Å². The third-order valence-electron chi connectivity index (χ3n) is 4.28. The molecule has 27 heavy (non-hydrogen) atoms. The Balaban J connectivity index is 1.84. The smallest absolute Gasteiger partial charge is 0.225 e. The summed E-state index contributed by atoms with van der Waals surface area (Å²) in [7, 11) is 5.83. The normalized spacial score (nSPS) is 11.8. The van der Waals surface area contributed by atoms with Crippen LogP contribution in [0, 0.1) is 0 Å². The van der Waals surface area contributed by atoms with Gasteiger partial charge in [-0.15, -0.1) is 0 Å². The summed E-state index contributed by atoms with van der Waals surface area (Å²) in [6, 6.07) is 20.3. The SMILES string of the molecule is CNCC[C@H](Oc1cccc(-c2ccnc(N(C)C)n2)c1)c1ccccc1. The van der Waals surface area contributed by atoms with E-state index < -0.39 is 0 Å². The second kappa shape index (κ2) is 9.14. The Hall–Kier alpha value is -2.92. The molecule has 0 aliphatic carbocycles. The van der Waals surface area contributed by atoms with Crippen LogP contribution in [0.5, 0.6) is 5.75 Å². The van der Waals surface area contributed by atoms with Crippen molar-refractivity contribution in [1.82, 2.24) is 15.3 Å². The van der Waals surface area contributed by atoms with Crippen LogP contribution in [0.2, 0.25) is 0 Å². The molecule has 0 aliphatic heterocycles. The van der Waals surface area contributed by atoms with Gasteiger partial charge in [-0.05, 0) is 37.4 Å². The number of rotatable bonds is 8. The van der Waals surface area contributed by atoms with Gasteiger partial charge in [-0.1, -0.05) is 42.5 Å². The highest BCUT2D eigenvalue weighted by Crippen LogP contribution is 2.28. The first-order valence-electron chi connectivity index (χ1n) is 9.14. The number of benzene rings is 2. The average molecular weight is 362 g/mol. The monoisotopic (exact) mass is 362 g/mol. The van der Waals surface area contributed by atoms with Gasteiger partial charge in [0.1, 0.15) is 11.9 Å². The van der Waals surface area contributed by atoms with E-state index in [1.54, 1.807) is 6.20 Å². The third-order valence-corrected chi connectivity index (χ3v) is 4.28. The van der Waals surface area contributed by atoms with Crippen LogP contribution >= 0.6 is 0 Å². The lowest BCUT2D eigenvalue weighted by molar-refractivity contribution is 0.195. The zero-order valence-corrected chi connectivity index (χ0v) is 16.1. The number of aromatic nitrogens is 2. The van der Waals surface area contributed by atoms with Crippen molar-refractivity contribution in [1.29, 1.82) is 0 Å². The fourth-order valence-electron chi connectivity index (χ4n) is 2.85. The minimum absolute atomic E-state index is 0.00312. The maximum absolute atomic E-state index is 6.35. The summed E-state index contributed by atoms with van der Waals surface area (Å²) in [5.41, 5.74) is 3.07. The lowest BCUT2D eigenvalue weighted by atomic mass is 10.1. The van der Waals surface area contributed by atoms with E-state index >= 15 is 0 Å². The Morgan fingerprint density at radius 3 is 2.59 bits per heavy atom. The molecule has 5 nitrogen and oxygen atoms in total. The predicted octanol–water partition coefficient (Wildman–Crippen LogP) is 3.94. The van der Waals surface area contributed by atoms with Crippen LogP contribution in [0.3, 0.4) is 0 Å². The summed E-state index contributed by atoms with van der Waals surface area (Å²) in [6.45, 7) is 0.886. The van der Waals surface area contributed by atoms with Crippen molar-refractivity contribution in [3.63, 3.8) is 0 Å². The molecule has 3 rings (SSSR count). The maximum atomic E-state index is 6.35. The van der Waals surface area contributed by atoms with Crippen LogP contribution in [-0.2, 0) is 0 Å². The van der Waals surface area contributed by atoms with Crippen molar-refractivity contribution in [2.24, 2.45) is 0 Å². The lowest BCUT2D eigenvalue weighted by Crippen LogP contribution is -2.16. The van der Waals surface area contributed by atoms with Crippen molar-refractivity contribution < 1.29 is 4.74 Å². The first kappa shape index (κ1) is 18.9. The largest absolute Gasteiger partial charge is 0.486 e. The molecular weight excluding hydrogens is 336 g/mol. The molecule has 0 radical (unpaired) electrons. The van der Waals surface area contributed by atoms with E-state index in [-0.39, 0.29) is 6.10 Å². The maximum Gasteiger partial charge on any atom is 0.225 e. The number of ether oxygens (including phenoxy) is 1. The van der Waals surface area contributed by atoms with Crippen LogP contribution in [0.1, 0.15) is 18.1 Å². The van der Waals surface area contributed by atoms with Crippen molar-refractivity contribution in [3.8, 4) is 17.0 Å². The molecule has 0 bridgehead atoms. The van der Waals surface area contributed by atoms with Crippen LogP contribution in [-0.4, -0.2) is 37.7 Å². The molecule has 1 atom stereocenters. The number of hydrogen-bond acceptors (Lipinski definition) is 5. The molecule has 1 aromatic heterocycles. The summed E-state index contributed by atoms with van der Waals surface area (Å²) in [6.07, 6.45) is 2.67. The Morgan fingerprint density at radius 2 is 1.85 bits per heavy atom. The molecule has 0 saturated heterocycles. The van der Waals surface area contributed by atoms with E-state index in [4.69, 9.17) is 4.74 Å². The minimum atomic E-state index is -0.00312. The Morgan fingerprint density at radius 1 is 1.04 bits per heavy atom. The van der Waals surface area contributed by atoms with Crippen molar-refractivity contribution in [2.75, 3.05) is 32.6 Å². The van der Waals surface area contributed by atoms with Gasteiger partial charge in [0.2, 0.25) is 5.95 Å². The van der Waals surface area contributed by atoms with Crippen LogP contribution < -0.4 is 15.0 Å². The summed E-state index contributed by atoms with van der Waals surface area (Å²) >= 11 is 0. The zero-order valence-electron chi connectivity index (χ0n) is 16.1. The summed E-state index contributed by atoms with van der Waals surface area (Å²) < 4.78 is 6.35. The van der Waals surface area contributed by atoms with Gasteiger partial charge in [-0.2, -0.15) is 0 Å².